The van der Waals surface area contributed by atoms with Crippen LogP contribution < -0.4 is 5.32 Å². The van der Waals surface area contributed by atoms with Gasteiger partial charge in [0.25, 0.3) is 0 Å². The molecule has 27 heavy (non-hydrogen) atoms. The van der Waals surface area contributed by atoms with Gasteiger partial charge in [0.05, 0.1) is 17.5 Å². The first-order valence-electron chi connectivity index (χ1n) is 9.72. The lowest BCUT2D eigenvalue weighted by Gasteiger charge is -2.22. The van der Waals surface area contributed by atoms with Gasteiger partial charge in [0.1, 0.15) is 0 Å². The molecular weight excluding hydrogens is 364 g/mol. The lowest BCUT2D eigenvalue weighted by atomic mass is 9.98. The highest BCUT2D eigenvalue weighted by Crippen LogP contribution is 2.20. The third-order valence-corrected chi connectivity index (χ3v) is 6.90. The molecule has 0 radical (unpaired) electrons. The molecular formula is C20H32N2O4S. The Balaban J connectivity index is 1.73. The predicted molar refractivity (Wildman–Crippen MR) is 106 cm³/mol. The van der Waals surface area contributed by atoms with Crippen LogP contribution in [0.25, 0.3) is 0 Å². The molecule has 1 fully saturated rings. The van der Waals surface area contributed by atoms with Crippen LogP contribution in [0.3, 0.4) is 0 Å². The number of rotatable bonds is 9. The number of carbonyl (C=O) groups is 1. The predicted octanol–water partition coefficient (Wildman–Crippen LogP) is 2.78. The van der Waals surface area contributed by atoms with Crippen molar-refractivity contribution < 1.29 is 17.9 Å². The molecule has 0 aliphatic heterocycles. The van der Waals surface area contributed by atoms with Gasteiger partial charge in [-0.15, -0.1) is 0 Å². The second kappa shape index (κ2) is 10.2. The molecule has 0 spiro atoms. The minimum Gasteiger partial charge on any atom is -0.378 e. The van der Waals surface area contributed by atoms with E-state index in [2.05, 4.69) is 5.32 Å². The van der Waals surface area contributed by atoms with Crippen LogP contribution in [-0.4, -0.2) is 51.5 Å². The van der Waals surface area contributed by atoms with Crippen molar-refractivity contribution in [2.24, 2.45) is 0 Å². The Labute approximate surface area is 163 Å². The first kappa shape index (κ1) is 21.9. The molecule has 0 unspecified atom stereocenters. The molecule has 1 aromatic carbocycles. The maximum atomic E-state index is 12.6. The van der Waals surface area contributed by atoms with Crippen molar-refractivity contribution in [3.05, 3.63) is 29.3 Å². The number of carbonyl (C=O) groups excluding carboxylic acids is 1. The van der Waals surface area contributed by atoms with Gasteiger partial charge in [-0.05, 0) is 56.4 Å². The SMILES string of the molecule is Cc1ccc(S(=O)(=O)N(C)CC(=O)NCCCOC2CCCCC2)cc1C. The molecule has 2 rings (SSSR count). The van der Waals surface area contributed by atoms with Gasteiger partial charge in [-0.3, -0.25) is 4.79 Å². The lowest BCUT2D eigenvalue weighted by Crippen LogP contribution is -2.38. The topological polar surface area (TPSA) is 75.7 Å². The Morgan fingerprint density at radius 1 is 1.19 bits per heavy atom. The fourth-order valence-electron chi connectivity index (χ4n) is 3.18. The minimum atomic E-state index is -3.68. The molecule has 1 amide bonds. The summed E-state index contributed by atoms with van der Waals surface area (Å²) in [5, 5.41) is 2.77. The summed E-state index contributed by atoms with van der Waals surface area (Å²) < 4.78 is 32.1. The Hall–Kier alpha value is -1.44. The second-order valence-corrected chi connectivity index (χ2v) is 9.39. The third-order valence-electron chi connectivity index (χ3n) is 5.10. The average Bonchev–Trinajstić information content (AvgIpc) is 2.64. The van der Waals surface area contributed by atoms with Crippen LogP contribution in [0.5, 0.6) is 0 Å². The number of sulfonamides is 1. The van der Waals surface area contributed by atoms with Crippen molar-refractivity contribution in [2.45, 2.75) is 63.4 Å². The average molecular weight is 397 g/mol. The van der Waals surface area contributed by atoms with Gasteiger partial charge in [0, 0.05) is 20.2 Å². The zero-order valence-electron chi connectivity index (χ0n) is 16.7. The van der Waals surface area contributed by atoms with Crippen molar-refractivity contribution in [2.75, 3.05) is 26.7 Å². The number of nitrogens with one attached hydrogen (secondary N) is 1. The fraction of sp³-hybridized carbons (Fsp3) is 0.650. The molecule has 1 saturated carbocycles. The summed E-state index contributed by atoms with van der Waals surface area (Å²) in [4.78, 5) is 12.3. The number of hydrogen-bond donors (Lipinski definition) is 1. The summed E-state index contributed by atoms with van der Waals surface area (Å²) in [5.41, 5.74) is 1.94. The van der Waals surface area contributed by atoms with Crippen LogP contribution in [0.15, 0.2) is 23.1 Å². The van der Waals surface area contributed by atoms with Crippen LogP contribution in [0.1, 0.15) is 49.7 Å². The third kappa shape index (κ3) is 6.59. The number of hydrogen-bond acceptors (Lipinski definition) is 4. The van der Waals surface area contributed by atoms with E-state index in [0.717, 1.165) is 34.7 Å². The monoisotopic (exact) mass is 396 g/mol. The molecule has 0 bridgehead atoms. The van der Waals surface area contributed by atoms with Crippen molar-refractivity contribution in [3.8, 4) is 0 Å². The first-order chi connectivity index (χ1) is 12.8. The molecule has 7 heteroatoms. The van der Waals surface area contributed by atoms with E-state index >= 15 is 0 Å². The maximum Gasteiger partial charge on any atom is 0.243 e. The second-order valence-electron chi connectivity index (χ2n) is 7.34. The van der Waals surface area contributed by atoms with Crippen LogP contribution in [0.2, 0.25) is 0 Å². The van der Waals surface area contributed by atoms with Gasteiger partial charge >= 0.3 is 0 Å². The number of aryl methyl sites for hydroxylation is 2. The smallest absolute Gasteiger partial charge is 0.243 e. The first-order valence-corrected chi connectivity index (χ1v) is 11.2. The Morgan fingerprint density at radius 3 is 2.56 bits per heavy atom. The molecule has 1 aliphatic carbocycles. The molecule has 152 valence electrons. The summed E-state index contributed by atoms with van der Waals surface area (Å²) in [7, 11) is -2.25. The minimum absolute atomic E-state index is 0.196. The number of amides is 1. The number of likely N-dealkylation sites (N-methyl/N-ethyl adjacent to an activating group) is 1. The summed E-state index contributed by atoms with van der Waals surface area (Å²) in [6, 6.07) is 5.00. The molecule has 1 N–H and O–H groups in total. The Bertz CT molecular complexity index is 727. The maximum absolute atomic E-state index is 12.6. The Kier molecular flexibility index (Phi) is 8.26. The largest absolute Gasteiger partial charge is 0.378 e. The van der Waals surface area contributed by atoms with Crippen molar-refractivity contribution in [3.63, 3.8) is 0 Å². The van der Waals surface area contributed by atoms with E-state index in [1.165, 1.54) is 26.3 Å². The van der Waals surface area contributed by atoms with E-state index in [-0.39, 0.29) is 17.3 Å². The van der Waals surface area contributed by atoms with Gasteiger partial charge < -0.3 is 10.1 Å². The normalized spacial score (nSPS) is 15.9. The van der Waals surface area contributed by atoms with E-state index in [1.807, 2.05) is 13.8 Å². The summed E-state index contributed by atoms with van der Waals surface area (Å²) in [5.74, 6) is -0.303. The van der Waals surface area contributed by atoms with Gasteiger partial charge in [0.2, 0.25) is 15.9 Å². The van der Waals surface area contributed by atoms with Crippen LogP contribution in [0.4, 0.5) is 0 Å². The lowest BCUT2D eigenvalue weighted by molar-refractivity contribution is -0.121. The van der Waals surface area contributed by atoms with Crippen molar-refractivity contribution in [1.82, 2.24) is 9.62 Å². The van der Waals surface area contributed by atoms with Crippen molar-refractivity contribution in [1.29, 1.82) is 0 Å². The zero-order chi connectivity index (χ0) is 19.9. The summed E-state index contributed by atoms with van der Waals surface area (Å²) in [6.07, 6.45) is 7.14. The molecule has 0 saturated heterocycles. The van der Waals surface area contributed by atoms with E-state index in [4.69, 9.17) is 4.74 Å². The molecule has 6 nitrogen and oxygen atoms in total. The number of ether oxygens (including phenoxy) is 1. The molecule has 1 aromatic rings. The molecule has 0 heterocycles. The number of benzene rings is 1. The number of nitrogens with zero attached hydrogens (tertiary/aromatic N) is 1. The van der Waals surface area contributed by atoms with Gasteiger partial charge in [-0.2, -0.15) is 4.31 Å². The van der Waals surface area contributed by atoms with Gasteiger partial charge in [0.15, 0.2) is 0 Å². The van der Waals surface area contributed by atoms with E-state index in [9.17, 15) is 13.2 Å². The summed E-state index contributed by atoms with van der Waals surface area (Å²) in [6.45, 7) is 4.72. The fourth-order valence-corrected chi connectivity index (χ4v) is 4.39. The van der Waals surface area contributed by atoms with Crippen LogP contribution >= 0.6 is 0 Å². The van der Waals surface area contributed by atoms with Crippen LogP contribution in [-0.2, 0) is 19.6 Å². The highest BCUT2D eigenvalue weighted by molar-refractivity contribution is 7.89. The van der Waals surface area contributed by atoms with E-state index in [0.29, 0.717) is 19.3 Å². The summed E-state index contributed by atoms with van der Waals surface area (Å²) >= 11 is 0. The molecule has 0 atom stereocenters. The standard InChI is InChI=1S/C20H32N2O4S/c1-16-10-11-19(14-17(16)2)27(24,25)22(3)15-20(23)21-12-7-13-26-18-8-5-4-6-9-18/h10-11,14,18H,4-9,12-13,15H2,1-3H3,(H,21,23). The highest BCUT2D eigenvalue weighted by Gasteiger charge is 2.23. The highest BCUT2D eigenvalue weighted by atomic mass is 32.2. The van der Waals surface area contributed by atoms with Gasteiger partial charge in [-0.1, -0.05) is 25.3 Å². The quantitative estimate of drug-likeness (QED) is 0.651. The van der Waals surface area contributed by atoms with Crippen molar-refractivity contribution >= 4 is 15.9 Å². The zero-order valence-corrected chi connectivity index (χ0v) is 17.5. The van der Waals surface area contributed by atoms with E-state index < -0.39 is 10.0 Å². The van der Waals surface area contributed by atoms with Gasteiger partial charge in [-0.25, -0.2) is 8.42 Å². The van der Waals surface area contributed by atoms with E-state index in [1.54, 1.807) is 18.2 Å². The van der Waals surface area contributed by atoms with Crippen LogP contribution in [0, 0.1) is 13.8 Å². The Morgan fingerprint density at radius 2 is 1.89 bits per heavy atom. The molecule has 0 aromatic heterocycles. The molecule has 1 aliphatic rings.